The zero-order valence-corrected chi connectivity index (χ0v) is 35.2. The van der Waals surface area contributed by atoms with Crippen LogP contribution in [0.5, 0.6) is 0 Å². The number of fused-ring (bicyclic) bond motifs is 9. The van der Waals surface area contributed by atoms with Crippen LogP contribution in [0.4, 0.5) is 0 Å². The summed E-state index contributed by atoms with van der Waals surface area (Å²) < 4.78 is 6.53. The molecule has 2 nitrogen and oxygen atoms in total. The van der Waals surface area contributed by atoms with E-state index in [-0.39, 0.29) is 21.9 Å². The molecule has 0 bridgehead atoms. The van der Waals surface area contributed by atoms with Crippen molar-refractivity contribution < 1.29 is 0 Å². The molecule has 0 unspecified atom stereocenters. The number of hydrogen-bond acceptors (Lipinski definition) is 1. The van der Waals surface area contributed by atoms with E-state index in [1.54, 1.807) is 11.3 Å². The third-order valence-corrected chi connectivity index (χ3v) is 14.1. The summed E-state index contributed by atoms with van der Waals surface area (Å²) in [4.78, 5) is 0. The lowest BCUT2D eigenvalue weighted by molar-refractivity contribution is 1.18. The Bertz CT molecular complexity index is 3930. The summed E-state index contributed by atoms with van der Waals surface area (Å²) in [6.45, 7) is 0. The van der Waals surface area contributed by atoms with Gasteiger partial charge in [-0.15, -0.1) is 22.3 Å². The minimum Gasteiger partial charge on any atom is -0.309 e. The maximum absolute atomic E-state index is 7.48. The predicted octanol–water partition coefficient (Wildman–Crippen LogP) is 6.81. The van der Waals surface area contributed by atoms with Gasteiger partial charge in [-0.2, -0.15) is 0 Å². The lowest BCUT2D eigenvalue weighted by Crippen LogP contribution is -2.48. The summed E-state index contributed by atoms with van der Waals surface area (Å²) in [5, 5.41) is 5.48. The van der Waals surface area contributed by atoms with Crippen molar-refractivity contribution in [2.24, 2.45) is 0 Å². The van der Waals surface area contributed by atoms with Crippen molar-refractivity contribution in [3.63, 3.8) is 0 Å². The predicted molar refractivity (Wildman–Crippen MR) is 282 cm³/mol. The van der Waals surface area contributed by atoms with Crippen molar-refractivity contribution in [1.29, 1.82) is 0 Å². The lowest BCUT2D eigenvalue weighted by Gasteiger charge is -2.19. The second-order valence-electron chi connectivity index (χ2n) is 16.4. The number of rotatable bonds is 5. The van der Waals surface area contributed by atoms with Crippen LogP contribution < -0.4 is 38.2 Å². The van der Waals surface area contributed by atoms with E-state index in [1.807, 2.05) is 41.0 Å². The van der Waals surface area contributed by atoms with Crippen LogP contribution in [-0.4, -0.2) is 64.1 Å². The zero-order chi connectivity index (χ0) is 43.5. The highest BCUT2D eigenvalue weighted by molar-refractivity contribution is 7.26. The zero-order valence-electron chi connectivity index (χ0n) is 34.4. The average molecular weight is 812 g/mol. The van der Waals surface area contributed by atoms with Crippen LogP contribution in [0.15, 0.2) is 164 Å². The van der Waals surface area contributed by atoms with Gasteiger partial charge in [0.2, 0.25) is 0 Å². The highest BCUT2D eigenvalue weighted by Crippen LogP contribution is 2.42. The van der Waals surface area contributed by atoms with E-state index in [2.05, 4.69) is 132 Å². The molecule has 0 saturated heterocycles. The Labute approximate surface area is 383 Å². The molecule has 280 valence electrons. The first-order valence-electron chi connectivity index (χ1n) is 21.0. The van der Waals surface area contributed by atoms with Gasteiger partial charge in [-0.25, -0.2) is 0 Å². The summed E-state index contributed by atoms with van der Waals surface area (Å²) in [6.07, 6.45) is 0. The van der Waals surface area contributed by atoms with Gasteiger partial charge in [0.1, 0.15) is 54.9 Å². The largest absolute Gasteiger partial charge is 0.309 e. The van der Waals surface area contributed by atoms with Crippen LogP contribution in [0, 0.1) is 0 Å². The molecule has 12 rings (SSSR count). The van der Waals surface area contributed by atoms with E-state index in [0.717, 1.165) is 81.2 Å². The van der Waals surface area contributed by atoms with Crippen LogP contribution >= 0.6 is 11.3 Å². The molecule has 0 amide bonds. The van der Waals surface area contributed by atoms with E-state index in [9.17, 15) is 0 Å². The second kappa shape index (κ2) is 14.7. The van der Waals surface area contributed by atoms with Gasteiger partial charge in [0.15, 0.2) is 0 Å². The molecule has 3 aromatic heterocycles. The molecule has 12 aromatic rings. The molecule has 0 saturated carbocycles. The summed E-state index contributed by atoms with van der Waals surface area (Å²) in [5.74, 6) is 0. The standard InChI is InChI=1S/C54H27B7N2S/c55-45-42(46(56)50(60)52-43(45)44-47(57)48(58)49(59)51(61)53(44)63(52)40-20-11-18-34-33-17-8-10-21-41(33)64-54(34)40)31-23-25-39-36(27-31)35-26-30(28-12-3-1-4-13-28)22-24-38(35)62(39)37-19-9-7-16-32(37)29-14-5-2-6-15-29/h1-27H. The van der Waals surface area contributed by atoms with Crippen molar-refractivity contribution >= 4 is 168 Å². The molecular weight excluding hydrogens is 784 g/mol. The average Bonchev–Trinajstić information content (AvgIpc) is 4.01. The fourth-order valence-corrected chi connectivity index (χ4v) is 11.1. The fraction of sp³-hybridized carbons (Fsp3) is 0. The van der Waals surface area contributed by atoms with Gasteiger partial charge in [0, 0.05) is 48.2 Å². The van der Waals surface area contributed by atoms with Gasteiger partial charge in [-0.1, -0.05) is 149 Å². The first kappa shape index (κ1) is 38.9. The van der Waals surface area contributed by atoms with Gasteiger partial charge in [0.25, 0.3) is 0 Å². The van der Waals surface area contributed by atoms with Gasteiger partial charge in [-0.05, 0) is 75.7 Å². The first-order valence-corrected chi connectivity index (χ1v) is 21.8. The molecule has 0 spiro atoms. The molecule has 0 aliphatic rings. The van der Waals surface area contributed by atoms with Gasteiger partial charge >= 0.3 is 0 Å². The molecule has 0 aliphatic carbocycles. The molecule has 10 heteroatoms. The smallest absolute Gasteiger partial charge is 0.115 e. The summed E-state index contributed by atoms with van der Waals surface area (Å²) in [5.41, 5.74) is 12.9. The van der Waals surface area contributed by atoms with Crippen molar-refractivity contribution in [3.8, 4) is 44.8 Å². The molecule has 14 radical (unpaired) electrons. The third-order valence-electron chi connectivity index (χ3n) is 12.9. The minimum absolute atomic E-state index is 0.180. The highest BCUT2D eigenvalue weighted by Gasteiger charge is 2.26. The molecule has 64 heavy (non-hydrogen) atoms. The van der Waals surface area contributed by atoms with E-state index in [4.69, 9.17) is 54.9 Å². The summed E-state index contributed by atoms with van der Waals surface area (Å²) in [7, 11) is 49.3. The number of hydrogen-bond donors (Lipinski definition) is 0. The Kier molecular flexibility index (Phi) is 8.91. The number of para-hydroxylation sites is 1. The van der Waals surface area contributed by atoms with E-state index in [1.165, 1.54) is 0 Å². The number of nitrogens with zero attached hydrogens (tertiary/aromatic N) is 2. The SMILES string of the molecule is [B]c1c([B])c([B])c2c(c1[B])c1c([B])c(-c3ccc4c(c3)c3cc(-c5ccccc5)ccc3n4-c3ccccc3-c3ccccc3)c([B])c([B])c1n2-c1cccc2c1sc1ccccc12. The number of thiophene rings is 1. The van der Waals surface area contributed by atoms with Gasteiger partial charge in [-0.3, -0.25) is 0 Å². The first-order chi connectivity index (χ1) is 31.2. The summed E-state index contributed by atoms with van der Waals surface area (Å²) in [6, 6.07) is 57.0. The van der Waals surface area contributed by atoms with Gasteiger partial charge in [0.05, 0.1) is 27.1 Å². The van der Waals surface area contributed by atoms with Crippen molar-refractivity contribution in [1.82, 2.24) is 9.13 Å². The van der Waals surface area contributed by atoms with E-state index in [0.29, 0.717) is 43.8 Å². The van der Waals surface area contributed by atoms with Crippen LogP contribution in [-0.2, 0) is 0 Å². The molecule has 0 atom stereocenters. The van der Waals surface area contributed by atoms with Crippen molar-refractivity contribution in [2.75, 3.05) is 0 Å². The molecule has 0 fully saturated rings. The Hall–Kier alpha value is -6.75. The van der Waals surface area contributed by atoms with Crippen LogP contribution in [0.25, 0.3) is 109 Å². The molecule has 0 aliphatic heterocycles. The Balaban J connectivity index is 1.17. The number of aromatic nitrogens is 2. The summed E-state index contributed by atoms with van der Waals surface area (Å²) >= 11 is 1.68. The quantitative estimate of drug-likeness (QED) is 0.169. The molecular formula is C54H27B7N2S. The Morgan fingerprint density at radius 1 is 0.344 bits per heavy atom. The van der Waals surface area contributed by atoms with E-state index < -0.39 is 0 Å². The Morgan fingerprint density at radius 3 is 1.62 bits per heavy atom. The van der Waals surface area contributed by atoms with Crippen LogP contribution in [0.1, 0.15) is 0 Å². The molecule has 0 N–H and O–H groups in total. The van der Waals surface area contributed by atoms with Crippen LogP contribution in [0.3, 0.4) is 0 Å². The lowest BCUT2D eigenvalue weighted by atomic mass is 9.64. The molecule has 9 aromatic carbocycles. The topological polar surface area (TPSA) is 9.86 Å². The second-order valence-corrected chi connectivity index (χ2v) is 17.4. The third kappa shape index (κ3) is 5.55. The highest BCUT2D eigenvalue weighted by atomic mass is 32.1. The van der Waals surface area contributed by atoms with Crippen LogP contribution in [0.2, 0.25) is 0 Å². The minimum atomic E-state index is 0.180. The number of benzene rings is 9. The normalized spacial score (nSPS) is 11.9. The van der Waals surface area contributed by atoms with E-state index >= 15 is 0 Å². The van der Waals surface area contributed by atoms with Crippen molar-refractivity contribution in [2.45, 2.75) is 0 Å². The fourth-order valence-electron chi connectivity index (χ4n) is 9.93. The Morgan fingerprint density at radius 2 is 0.891 bits per heavy atom. The maximum Gasteiger partial charge on any atom is 0.115 e. The monoisotopic (exact) mass is 812 g/mol. The van der Waals surface area contributed by atoms with Gasteiger partial charge < -0.3 is 9.13 Å². The molecule has 3 heterocycles. The van der Waals surface area contributed by atoms with Crippen molar-refractivity contribution in [3.05, 3.63) is 164 Å². The maximum atomic E-state index is 7.48.